The molecule has 20 heavy (non-hydrogen) atoms. The predicted octanol–water partition coefficient (Wildman–Crippen LogP) is 2.13. The smallest absolute Gasteiger partial charge is 0.241 e. The van der Waals surface area contributed by atoms with Gasteiger partial charge in [-0.1, -0.05) is 13.0 Å². The fraction of sp³-hybridized carbons (Fsp3) is 0.538. The lowest BCUT2D eigenvalue weighted by molar-refractivity contribution is 0.278. The van der Waals surface area contributed by atoms with Crippen LogP contribution in [0.25, 0.3) is 0 Å². The van der Waals surface area contributed by atoms with Gasteiger partial charge in [0.25, 0.3) is 0 Å². The zero-order chi connectivity index (χ0) is 15.2. The van der Waals surface area contributed by atoms with E-state index >= 15 is 0 Å². The molecule has 0 radical (unpaired) electrons. The van der Waals surface area contributed by atoms with Crippen molar-refractivity contribution in [2.45, 2.75) is 37.8 Å². The normalized spacial score (nSPS) is 13.4. The minimum absolute atomic E-state index is 0.189. The van der Waals surface area contributed by atoms with Crippen molar-refractivity contribution in [3.05, 3.63) is 29.6 Å². The molecule has 0 amide bonds. The van der Waals surface area contributed by atoms with E-state index in [2.05, 4.69) is 4.72 Å². The van der Waals surface area contributed by atoms with Crippen LogP contribution in [-0.4, -0.2) is 31.1 Å². The van der Waals surface area contributed by atoms with E-state index in [4.69, 9.17) is 5.11 Å². The molecule has 1 unspecified atom stereocenters. The Morgan fingerprint density at radius 2 is 2.15 bits per heavy atom. The van der Waals surface area contributed by atoms with Gasteiger partial charge in [-0.3, -0.25) is 0 Å². The molecule has 4 nitrogen and oxygen atoms in total. The minimum Gasteiger partial charge on any atom is -0.392 e. The number of benzene rings is 1. The Kier molecular flexibility index (Phi) is 6.94. The first-order valence-corrected chi connectivity index (χ1v) is 9.03. The van der Waals surface area contributed by atoms with Gasteiger partial charge in [0.1, 0.15) is 5.82 Å². The summed E-state index contributed by atoms with van der Waals surface area (Å²) >= 11 is 1.73. The summed E-state index contributed by atoms with van der Waals surface area (Å²) in [5.41, 5.74) is 0.189. The van der Waals surface area contributed by atoms with E-state index in [0.29, 0.717) is 6.42 Å². The molecule has 1 rings (SSSR count). The van der Waals surface area contributed by atoms with E-state index in [9.17, 15) is 12.8 Å². The molecule has 0 spiro atoms. The van der Waals surface area contributed by atoms with Crippen molar-refractivity contribution in [3.63, 3.8) is 0 Å². The quantitative estimate of drug-likeness (QED) is 0.720. The summed E-state index contributed by atoms with van der Waals surface area (Å²) in [5.74, 6) is 1.20. The van der Waals surface area contributed by atoms with Crippen molar-refractivity contribution in [3.8, 4) is 0 Å². The van der Waals surface area contributed by atoms with Gasteiger partial charge in [-0.15, -0.1) is 0 Å². The maximum atomic E-state index is 13.2. The lowest BCUT2D eigenvalue weighted by Crippen LogP contribution is -2.33. The van der Waals surface area contributed by atoms with Crippen molar-refractivity contribution < 1.29 is 17.9 Å². The first kappa shape index (κ1) is 17.4. The standard InChI is InChI=1S/C13H20FNO3S2/c1-3-19-7-6-10(2)15-20(17,18)13-8-12(14)5-4-11(13)9-16/h4-5,8,10,15-16H,3,6-7,9H2,1-2H3. The second kappa shape index (κ2) is 7.97. The summed E-state index contributed by atoms with van der Waals surface area (Å²) in [6, 6.07) is 3.10. The largest absolute Gasteiger partial charge is 0.392 e. The summed E-state index contributed by atoms with van der Waals surface area (Å²) in [5, 5.41) is 9.16. The number of hydrogen-bond acceptors (Lipinski definition) is 4. The van der Waals surface area contributed by atoms with Crippen LogP contribution in [0.5, 0.6) is 0 Å². The van der Waals surface area contributed by atoms with Crippen molar-refractivity contribution in [2.75, 3.05) is 11.5 Å². The maximum Gasteiger partial charge on any atom is 0.241 e. The Morgan fingerprint density at radius 3 is 2.75 bits per heavy atom. The SMILES string of the molecule is CCSCCC(C)NS(=O)(=O)c1cc(F)ccc1CO. The maximum absolute atomic E-state index is 13.2. The monoisotopic (exact) mass is 321 g/mol. The van der Waals surface area contributed by atoms with Gasteiger partial charge in [-0.2, -0.15) is 11.8 Å². The molecule has 0 fully saturated rings. The summed E-state index contributed by atoms with van der Waals surface area (Å²) in [4.78, 5) is -0.199. The first-order valence-electron chi connectivity index (χ1n) is 6.40. The average Bonchev–Trinajstić information content (AvgIpc) is 2.38. The Hall–Kier alpha value is -0.630. The van der Waals surface area contributed by atoms with Gasteiger partial charge in [0, 0.05) is 6.04 Å². The average molecular weight is 321 g/mol. The first-order chi connectivity index (χ1) is 9.40. The molecular weight excluding hydrogens is 301 g/mol. The van der Waals surface area contributed by atoms with Crippen LogP contribution in [0.3, 0.4) is 0 Å². The van der Waals surface area contributed by atoms with E-state index in [1.54, 1.807) is 18.7 Å². The molecule has 0 aliphatic rings. The molecule has 0 heterocycles. The van der Waals surface area contributed by atoms with E-state index < -0.39 is 22.4 Å². The second-order valence-electron chi connectivity index (χ2n) is 4.42. The summed E-state index contributed by atoms with van der Waals surface area (Å²) < 4.78 is 40.2. The number of rotatable bonds is 8. The van der Waals surface area contributed by atoms with Crippen LogP contribution in [0, 0.1) is 5.82 Å². The molecule has 7 heteroatoms. The van der Waals surface area contributed by atoms with Crippen molar-refractivity contribution in [2.24, 2.45) is 0 Å². The van der Waals surface area contributed by atoms with Crippen LogP contribution in [-0.2, 0) is 16.6 Å². The zero-order valence-corrected chi connectivity index (χ0v) is 13.2. The van der Waals surface area contributed by atoms with E-state index in [0.717, 1.165) is 23.6 Å². The highest BCUT2D eigenvalue weighted by molar-refractivity contribution is 7.99. The summed E-state index contributed by atoms with van der Waals surface area (Å²) in [6.07, 6.45) is 0.696. The third-order valence-corrected chi connectivity index (χ3v) is 5.35. The molecule has 2 N–H and O–H groups in total. The summed E-state index contributed by atoms with van der Waals surface area (Å²) in [7, 11) is -3.82. The van der Waals surface area contributed by atoms with E-state index in [-0.39, 0.29) is 16.5 Å². The molecule has 0 bridgehead atoms. The third kappa shape index (κ3) is 5.05. The van der Waals surface area contributed by atoms with Crippen molar-refractivity contribution in [1.29, 1.82) is 0 Å². The van der Waals surface area contributed by atoms with Crippen LogP contribution in [0.1, 0.15) is 25.8 Å². The molecule has 0 saturated carbocycles. The highest BCUT2D eigenvalue weighted by Crippen LogP contribution is 2.18. The molecule has 0 aliphatic carbocycles. The van der Waals surface area contributed by atoms with Gasteiger partial charge in [0.2, 0.25) is 10.0 Å². The Balaban J connectivity index is 2.85. The van der Waals surface area contributed by atoms with Gasteiger partial charge >= 0.3 is 0 Å². The Labute approximate surface area is 123 Å². The van der Waals surface area contributed by atoms with Crippen LogP contribution in [0.2, 0.25) is 0 Å². The van der Waals surface area contributed by atoms with Crippen LogP contribution in [0.4, 0.5) is 4.39 Å². The fourth-order valence-corrected chi connectivity index (χ4v) is 4.03. The van der Waals surface area contributed by atoms with Gasteiger partial charge in [-0.25, -0.2) is 17.5 Å². The van der Waals surface area contributed by atoms with Gasteiger partial charge in [0.15, 0.2) is 0 Å². The molecule has 1 aromatic carbocycles. The number of halogens is 1. The highest BCUT2D eigenvalue weighted by atomic mass is 32.2. The van der Waals surface area contributed by atoms with Crippen molar-refractivity contribution in [1.82, 2.24) is 4.72 Å². The minimum atomic E-state index is -3.82. The Morgan fingerprint density at radius 1 is 1.45 bits per heavy atom. The van der Waals surface area contributed by atoms with Gasteiger partial charge < -0.3 is 5.11 Å². The second-order valence-corrected chi connectivity index (χ2v) is 7.49. The Bertz CT molecular complexity index is 534. The molecule has 114 valence electrons. The van der Waals surface area contributed by atoms with Crippen molar-refractivity contribution >= 4 is 21.8 Å². The number of sulfonamides is 1. The lowest BCUT2D eigenvalue weighted by Gasteiger charge is -2.15. The molecule has 0 saturated heterocycles. The van der Waals surface area contributed by atoms with Crippen LogP contribution >= 0.6 is 11.8 Å². The van der Waals surface area contributed by atoms with E-state index in [1.165, 1.54) is 6.07 Å². The third-order valence-electron chi connectivity index (χ3n) is 2.74. The topological polar surface area (TPSA) is 66.4 Å². The fourth-order valence-electron chi connectivity index (χ4n) is 1.70. The van der Waals surface area contributed by atoms with E-state index in [1.807, 2.05) is 6.92 Å². The van der Waals surface area contributed by atoms with Crippen LogP contribution in [0.15, 0.2) is 23.1 Å². The molecule has 0 aliphatic heterocycles. The number of hydrogen-bond donors (Lipinski definition) is 2. The molecule has 1 aromatic rings. The number of aliphatic hydroxyl groups excluding tert-OH is 1. The molecule has 0 aromatic heterocycles. The summed E-state index contributed by atoms with van der Waals surface area (Å²) in [6.45, 7) is 3.36. The van der Waals surface area contributed by atoms with Gasteiger partial charge in [0.05, 0.1) is 11.5 Å². The highest BCUT2D eigenvalue weighted by Gasteiger charge is 2.21. The zero-order valence-electron chi connectivity index (χ0n) is 11.6. The number of nitrogens with one attached hydrogen (secondary N) is 1. The van der Waals surface area contributed by atoms with Crippen LogP contribution < -0.4 is 4.72 Å². The van der Waals surface area contributed by atoms with Gasteiger partial charge in [-0.05, 0) is 42.5 Å². The predicted molar refractivity (Wildman–Crippen MR) is 79.7 cm³/mol. The number of thioether (sulfide) groups is 1. The molecular formula is C13H20FNO3S2. The number of aliphatic hydroxyl groups is 1. The lowest BCUT2D eigenvalue weighted by atomic mass is 10.2. The molecule has 1 atom stereocenters.